The first-order chi connectivity index (χ1) is 21.5. The third-order valence-electron chi connectivity index (χ3n) is 7.47. The second-order valence-corrected chi connectivity index (χ2v) is 10.5. The summed E-state index contributed by atoms with van der Waals surface area (Å²) in [4.78, 5) is 19.6. The highest BCUT2D eigenvalue weighted by Gasteiger charge is 2.39. The molecule has 0 amide bonds. The molecule has 3 heterocycles. The summed E-state index contributed by atoms with van der Waals surface area (Å²) in [5.41, 5.74) is 3.19. The van der Waals surface area contributed by atoms with Crippen molar-refractivity contribution in [2.24, 2.45) is 4.99 Å². The van der Waals surface area contributed by atoms with Crippen LogP contribution < -0.4 is 9.47 Å². The van der Waals surface area contributed by atoms with Gasteiger partial charge in [0.1, 0.15) is 29.5 Å². The van der Waals surface area contributed by atoms with Gasteiger partial charge in [0.05, 0.1) is 33.5 Å². The highest BCUT2D eigenvalue weighted by molar-refractivity contribution is 5.83. The monoisotopic (exact) mass is 590 g/mol. The number of hydrogen-bond donors (Lipinski definition) is 0. The summed E-state index contributed by atoms with van der Waals surface area (Å²) in [6.07, 6.45) is 8.14. The van der Waals surface area contributed by atoms with Gasteiger partial charge in [0.15, 0.2) is 23.2 Å². The number of rotatable bonds is 11. The maximum atomic E-state index is 7.01. The largest absolute Gasteiger partial charge is 0.497 e. The second-order valence-electron chi connectivity index (χ2n) is 10.5. The molecular weight excluding hydrogens is 556 g/mol. The van der Waals surface area contributed by atoms with E-state index >= 15 is 0 Å². The van der Waals surface area contributed by atoms with Crippen molar-refractivity contribution in [3.63, 3.8) is 0 Å². The van der Waals surface area contributed by atoms with Gasteiger partial charge in [-0.1, -0.05) is 60.7 Å². The molecule has 5 aromatic rings. The van der Waals surface area contributed by atoms with Crippen LogP contribution in [0.4, 0.5) is 5.82 Å². The topological polar surface area (TPSA) is 96.1 Å². The minimum Gasteiger partial charge on any atom is -0.497 e. The predicted octanol–water partition coefficient (Wildman–Crippen LogP) is 5.53. The van der Waals surface area contributed by atoms with E-state index in [2.05, 4.69) is 32.1 Å². The van der Waals surface area contributed by atoms with E-state index in [9.17, 15) is 0 Å². The van der Waals surface area contributed by atoms with Crippen LogP contribution >= 0.6 is 0 Å². The standard InChI is InChI=1S/C34H34N6O4/c1-39(2)22-38-32-31-33(36-21-35-32)40(23-37-31)30-19-18-29(44-30)20-43-34(24-8-6-5-7-9-24,25-10-14-27(41-3)15-11-25)26-12-16-28(42-4)17-13-26/h5-19,21-23,29-30H,20H2,1-4H3/b38-22+/t29-,30+/m0/s1. The van der Waals surface area contributed by atoms with Gasteiger partial charge in [-0.25, -0.2) is 19.9 Å². The van der Waals surface area contributed by atoms with Gasteiger partial charge in [-0.15, -0.1) is 0 Å². The maximum absolute atomic E-state index is 7.01. The first-order valence-corrected chi connectivity index (χ1v) is 14.2. The van der Waals surface area contributed by atoms with Crippen LogP contribution in [0.15, 0.2) is 109 Å². The molecule has 0 bridgehead atoms. The Morgan fingerprint density at radius 3 is 2.09 bits per heavy atom. The Morgan fingerprint density at radius 1 is 0.841 bits per heavy atom. The lowest BCUT2D eigenvalue weighted by atomic mass is 9.80. The summed E-state index contributed by atoms with van der Waals surface area (Å²) >= 11 is 0. The van der Waals surface area contributed by atoms with E-state index in [0.717, 1.165) is 28.2 Å². The Kier molecular flexibility index (Phi) is 8.36. The highest BCUT2D eigenvalue weighted by Crippen LogP contribution is 2.42. The fraction of sp³-hybridized carbons (Fsp3) is 0.235. The molecule has 1 aliphatic heterocycles. The zero-order valence-corrected chi connectivity index (χ0v) is 25.1. The predicted molar refractivity (Wildman–Crippen MR) is 168 cm³/mol. The van der Waals surface area contributed by atoms with Crippen LogP contribution in [0.2, 0.25) is 0 Å². The Bertz CT molecular complexity index is 1700. The minimum absolute atomic E-state index is 0.278. The third-order valence-corrected chi connectivity index (χ3v) is 7.47. The molecular formula is C34H34N6O4. The van der Waals surface area contributed by atoms with Crippen molar-refractivity contribution in [1.82, 2.24) is 24.4 Å². The average Bonchev–Trinajstić information content (AvgIpc) is 3.72. The van der Waals surface area contributed by atoms with Crippen molar-refractivity contribution < 1.29 is 18.9 Å². The summed E-state index contributed by atoms with van der Waals surface area (Å²) in [6, 6.07) is 26.2. The van der Waals surface area contributed by atoms with Crippen molar-refractivity contribution in [3.05, 3.63) is 120 Å². The molecule has 44 heavy (non-hydrogen) atoms. The van der Waals surface area contributed by atoms with Gasteiger partial charge in [0.25, 0.3) is 0 Å². The van der Waals surface area contributed by atoms with Crippen LogP contribution in [0.5, 0.6) is 11.5 Å². The highest BCUT2D eigenvalue weighted by atomic mass is 16.6. The third kappa shape index (κ3) is 5.64. The molecule has 0 unspecified atom stereocenters. The van der Waals surface area contributed by atoms with E-state index in [1.54, 1.807) is 26.9 Å². The van der Waals surface area contributed by atoms with Crippen molar-refractivity contribution >= 4 is 23.3 Å². The van der Waals surface area contributed by atoms with E-state index in [4.69, 9.17) is 18.9 Å². The first-order valence-electron chi connectivity index (χ1n) is 14.2. The van der Waals surface area contributed by atoms with E-state index in [-0.39, 0.29) is 12.7 Å². The zero-order valence-electron chi connectivity index (χ0n) is 25.1. The number of nitrogens with zero attached hydrogens (tertiary/aromatic N) is 6. The lowest BCUT2D eigenvalue weighted by molar-refractivity contribution is -0.0668. The quantitative estimate of drug-likeness (QED) is 0.0858. The van der Waals surface area contributed by atoms with Crippen LogP contribution in [0, 0.1) is 0 Å². The summed E-state index contributed by atoms with van der Waals surface area (Å²) in [6.45, 7) is 0.278. The first kappa shape index (κ1) is 29.0. The van der Waals surface area contributed by atoms with Gasteiger partial charge in [-0.3, -0.25) is 4.57 Å². The smallest absolute Gasteiger partial charge is 0.184 e. The van der Waals surface area contributed by atoms with Gasteiger partial charge in [0, 0.05) is 14.1 Å². The molecule has 0 saturated heterocycles. The summed E-state index contributed by atoms with van der Waals surface area (Å²) in [5, 5.41) is 0. The molecule has 3 aromatic carbocycles. The number of methoxy groups -OCH3 is 2. The molecule has 0 spiro atoms. The number of benzene rings is 3. The summed E-state index contributed by atoms with van der Waals surface area (Å²) < 4.78 is 26.3. The second kappa shape index (κ2) is 12.7. The molecule has 224 valence electrons. The maximum Gasteiger partial charge on any atom is 0.184 e. The number of aliphatic imine (C=N–C) groups is 1. The Morgan fingerprint density at radius 2 is 1.48 bits per heavy atom. The van der Waals surface area contributed by atoms with Gasteiger partial charge in [0.2, 0.25) is 0 Å². The molecule has 0 N–H and O–H groups in total. The summed E-state index contributed by atoms with van der Waals surface area (Å²) in [7, 11) is 7.12. The average molecular weight is 591 g/mol. The molecule has 0 saturated carbocycles. The molecule has 0 fully saturated rings. The fourth-order valence-corrected chi connectivity index (χ4v) is 5.31. The Balaban J connectivity index is 1.31. The van der Waals surface area contributed by atoms with Gasteiger partial charge in [-0.05, 0) is 47.0 Å². The number of fused-ring (bicyclic) bond motifs is 1. The molecule has 2 atom stereocenters. The summed E-state index contributed by atoms with van der Waals surface area (Å²) in [5.74, 6) is 2.03. The lowest BCUT2D eigenvalue weighted by Crippen LogP contribution is -2.35. The van der Waals surface area contributed by atoms with E-state index < -0.39 is 11.8 Å². The Hall–Kier alpha value is -5.06. The number of ether oxygens (including phenoxy) is 4. The fourth-order valence-electron chi connectivity index (χ4n) is 5.31. The van der Waals surface area contributed by atoms with E-state index in [1.165, 1.54) is 6.33 Å². The molecule has 10 nitrogen and oxygen atoms in total. The van der Waals surface area contributed by atoms with Gasteiger partial charge < -0.3 is 23.8 Å². The van der Waals surface area contributed by atoms with E-state index in [1.807, 2.05) is 102 Å². The van der Waals surface area contributed by atoms with Gasteiger partial charge in [-0.2, -0.15) is 0 Å². The molecule has 6 rings (SSSR count). The number of aromatic nitrogens is 4. The Labute approximate surface area is 256 Å². The van der Waals surface area contributed by atoms with Crippen LogP contribution in [0.25, 0.3) is 11.2 Å². The van der Waals surface area contributed by atoms with Crippen molar-refractivity contribution in [2.75, 3.05) is 34.9 Å². The molecule has 0 radical (unpaired) electrons. The lowest BCUT2D eigenvalue weighted by Gasteiger charge is -2.36. The van der Waals surface area contributed by atoms with Crippen molar-refractivity contribution in [1.29, 1.82) is 0 Å². The van der Waals surface area contributed by atoms with Crippen LogP contribution in [-0.4, -0.2) is 71.8 Å². The molecule has 10 heteroatoms. The van der Waals surface area contributed by atoms with Gasteiger partial charge >= 0.3 is 0 Å². The zero-order chi connectivity index (χ0) is 30.5. The normalized spacial score (nSPS) is 16.5. The van der Waals surface area contributed by atoms with Crippen molar-refractivity contribution in [3.8, 4) is 11.5 Å². The minimum atomic E-state index is -0.941. The van der Waals surface area contributed by atoms with E-state index in [0.29, 0.717) is 17.0 Å². The molecule has 2 aromatic heterocycles. The number of hydrogen-bond acceptors (Lipinski definition) is 8. The van der Waals surface area contributed by atoms with Crippen LogP contribution in [0.1, 0.15) is 22.9 Å². The molecule has 1 aliphatic rings. The van der Waals surface area contributed by atoms with Crippen molar-refractivity contribution in [2.45, 2.75) is 17.9 Å². The SMILES string of the molecule is COc1ccc(C(OC[C@@H]2C=C[C@H](n3cnc4c(/N=C/N(C)C)ncnc43)O2)(c2ccccc2)c2ccc(OC)cc2)cc1. The van der Waals surface area contributed by atoms with Crippen LogP contribution in [0.3, 0.4) is 0 Å². The molecule has 0 aliphatic carbocycles. The van der Waals surface area contributed by atoms with Crippen LogP contribution in [-0.2, 0) is 15.1 Å². The number of imidazole rings is 1.